The summed E-state index contributed by atoms with van der Waals surface area (Å²) in [7, 11) is 1.30. The number of carbonyl (C=O) groups is 2. The number of nitrogens with zero attached hydrogens (tertiary/aromatic N) is 1. The fourth-order valence-corrected chi connectivity index (χ4v) is 1.91. The van der Waals surface area contributed by atoms with Gasteiger partial charge in [0.25, 0.3) is 0 Å². The number of aliphatic carboxylic acids is 1. The lowest BCUT2D eigenvalue weighted by molar-refractivity contribution is -0.164. The summed E-state index contributed by atoms with van der Waals surface area (Å²) in [6, 6.07) is 6.72. The van der Waals surface area contributed by atoms with Gasteiger partial charge in [-0.1, -0.05) is 5.16 Å². The summed E-state index contributed by atoms with van der Waals surface area (Å²) in [5.41, 5.74) is 0.278. The lowest BCUT2D eigenvalue weighted by atomic mass is 9.96. The monoisotopic (exact) mass is 293 g/mol. The van der Waals surface area contributed by atoms with Crippen LogP contribution in [0.3, 0.4) is 0 Å². The number of hydrogen-bond donors (Lipinski definition) is 1. The Hall–Kier alpha value is -2.57. The van der Waals surface area contributed by atoms with E-state index in [2.05, 4.69) is 9.89 Å². The van der Waals surface area contributed by atoms with E-state index in [0.717, 1.165) is 5.56 Å². The van der Waals surface area contributed by atoms with Gasteiger partial charge in [0.2, 0.25) is 5.60 Å². The van der Waals surface area contributed by atoms with Crippen molar-refractivity contribution in [2.45, 2.75) is 18.9 Å². The first-order valence-corrected chi connectivity index (χ1v) is 6.23. The fourth-order valence-electron chi connectivity index (χ4n) is 1.91. The van der Waals surface area contributed by atoms with E-state index in [9.17, 15) is 9.59 Å². The van der Waals surface area contributed by atoms with E-state index in [4.69, 9.17) is 14.7 Å². The fraction of sp³-hybridized carbons (Fsp3) is 0.357. The molecule has 21 heavy (non-hydrogen) atoms. The summed E-state index contributed by atoms with van der Waals surface area (Å²) in [6.45, 7) is 1.21. The Labute approximate surface area is 121 Å². The number of carboxylic acids is 1. The van der Waals surface area contributed by atoms with Gasteiger partial charge >= 0.3 is 11.9 Å². The van der Waals surface area contributed by atoms with E-state index in [1.165, 1.54) is 7.11 Å². The lowest BCUT2D eigenvalue weighted by Crippen LogP contribution is -2.36. The van der Waals surface area contributed by atoms with Crippen LogP contribution in [0.2, 0.25) is 0 Å². The van der Waals surface area contributed by atoms with Crippen molar-refractivity contribution in [1.82, 2.24) is 0 Å². The minimum Gasteiger partial charge on any atom is -0.482 e. The van der Waals surface area contributed by atoms with Gasteiger partial charge < -0.3 is 19.4 Å². The van der Waals surface area contributed by atoms with Crippen LogP contribution >= 0.6 is 0 Å². The minimum atomic E-state index is -1.11. The van der Waals surface area contributed by atoms with Crippen molar-refractivity contribution in [2.24, 2.45) is 5.16 Å². The maximum absolute atomic E-state index is 11.6. The van der Waals surface area contributed by atoms with Crippen molar-refractivity contribution >= 4 is 17.7 Å². The number of esters is 1. The van der Waals surface area contributed by atoms with Crippen LogP contribution in [0.4, 0.5) is 0 Å². The number of methoxy groups -OCH3 is 1. The van der Waals surface area contributed by atoms with Gasteiger partial charge in [-0.2, -0.15) is 0 Å². The maximum atomic E-state index is 11.6. The summed E-state index contributed by atoms with van der Waals surface area (Å²) in [6.07, 6.45) is 0.301. The zero-order chi connectivity index (χ0) is 15.5. The molecular weight excluding hydrogens is 278 g/mol. The molecule has 1 N–H and O–H groups in total. The quantitative estimate of drug-likeness (QED) is 0.820. The molecule has 2 rings (SSSR count). The van der Waals surface area contributed by atoms with Crippen molar-refractivity contribution in [3.8, 4) is 5.75 Å². The minimum absolute atomic E-state index is 0.301. The molecule has 7 heteroatoms. The van der Waals surface area contributed by atoms with Crippen LogP contribution in [0, 0.1) is 0 Å². The average Bonchev–Trinajstić information content (AvgIpc) is 2.88. The molecule has 0 bridgehead atoms. The smallest absolute Gasteiger partial charge is 0.353 e. The highest BCUT2D eigenvalue weighted by atomic mass is 16.7. The number of benzene rings is 1. The van der Waals surface area contributed by atoms with Crippen LogP contribution in [-0.4, -0.2) is 42.1 Å². The topological polar surface area (TPSA) is 94.4 Å². The molecule has 1 atom stereocenters. The SMILES string of the molecule is COC(=O)C1(C)CC(c2ccc(OCC(=O)O)cc2)=NO1. The molecule has 0 fully saturated rings. The molecule has 1 aromatic rings. The van der Waals surface area contributed by atoms with Crippen molar-refractivity contribution in [1.29, 1.82) is 0 Å². The molecule has 1 heterocycles. The van der Waals surface area contributed by atoms with Crippen LogP contribution in [0.25, 0.3) is 0 Å². The third kappa shape index (κ3) is 3.31. The third-order valence-corrected chi connectivity index (χ3v) is 3.03. The average molecular weight is 293 g/mol. The van der Waals surface area contributed by atoms with Crippen LogP contribution in [0.1, 0.15) is 18.9 Å². The van der Waals surface area contributed by atoms with Crippen LogP contribution in [0.15, 0.2) is 29.4 Å². The summed E-state index contributed by atoms with van der Waals surface area (Å²) >= 11 is 0. The Morgan fingerprint density at radius 3 is 2.62 bits per heavy atom. The van der Waals surface area contributed by atoms with E-state index >= 15 is 0 Å². The molecule has 0 saturated heterocycles. The highest BCUT2D eigenvalue weighted by Gasteiger charge is 2.43. The summed E-state index contributed by atoms with van der Waals surface area (Å²) in [5.74, 6) is -1.08. The molecule has 0 aromatic heterocycles. The van der Waals surface area contributed by atoms with Crippen LogP contribution in [0.5, 0.6) is 5.75 Å². The Balaban J connectivity index is 2.04. The molecule has 0 saturated carbocycles. The van der Waals surface area contributed by atoms with E-state index in [-0.39, 0.29) is 0 Å². The molecular formula is C14H15NO6. The van der Waals surface area contributed by atoms with Gasteiger partial charge in [0.1, 0.15) is 5.75 Å². The van der Waals surface area contributed by atoms with Gasteiger partial charge in [0.15, 0.2) is 6.61 Å². The maximum Gasteiger partial charge on any atom is 0.353 e. The number of hydrogen-bond acceptors (Lipinski definition) is 6. The lowest BCUT2D eigenvalue weighted by Gasteiger charge is -2.17. The second-order valence-corrected chi connectivity index (χ2v) is 4.74. The van der Waals surface area contributed by atoms with E-state index < -0.39 is 24.1 Å². The van der Waals surface area contributed by atoms with Gasteiger partial charge in [-0.05, 0) is 36.8 Å². The number of ether oxygens (including phenoxy) is 2. The molecule has 1 aromatic carbocycles. The van der Waals surface area contributed by atoms with Crippen molar-refractivity contribution in [3.63, 3.8) is 0 Å². The summed E-state index contributed by atoms with van der Waals surface area (Å²) < 4.78 is 9.72. The van der Waals surface area contributed by atoms with Crippen molar-refractivity contribution < 1.29 is 29.0 Å². The number of carboxylic acid groups (broad SMARTS) is 1. The van der Waals surface area contributed by atoms with Crippen molar-refractivity contribution in [3.05, 3.63) is 29.8 Å². The van der Waals surface area contributed by atoms with Crippen LogP contribution in [-0.2, 0) is 19.2 Å². The standard InChI is InChI=1S/C14H15NO6/c1-14(13(18)19-2)7-11(15-21-14)9-3-5-10(6-4-9)20-8-12(16)17/h3-6H,7-8H2,1-2H3,(H,16,17). The highest BCUT2D eigenvalue weighted by Crippen LogP contribution is 2.28. The molecule has 1 aliphatic rings. The van der Waals surface area contributed by atoms with Gasteiger partial charge in [-0.3, -0.25) is 0 Å². The van der Waals surface area contributed by atoms with E-state index in [1.807, 2.05) is 0 Å². The molecule has 0 radical (unpaired) electrons. The van der Waals surface area contributed by atoms with Crippen LogP contribution < -0.4 is 4.74 Å². The molecule has 0 aliphatic carbocycles. The first-order valence-electron chi connectivity index (χ1n) is 6.23. The molecule has 7 nitrogen and oxygen atoms in total. The number of rotatable bonds is 5. The normalized spacial score (nSPS) is 20.4. The molecule has 1 unspecified atom stereocenters. The van der Waals surface area contributed by atoms with E-state index in [1.54, 1.807) is 31.2 Å². The van der Waals surface area contributed by atoms with Gasteiger partial charge in [0, 0.05) is 6.42 Å². The molecule has 0 spiro atoms. The van der Waals surface area contributed by atoms with Gasteiger partial charge in [-0.25, -0.2) is 9.59 Å². The Morgan fingerprint density at radius 2 is 2.05 bits per heavy atom. The first-order chi connectivity index (χ1) is 9.94. The largest absolute Gasteiger partial charge is 0.482 e. The van der Waals surface area contributed by atoms with Gasteiger partial charge in [0.05, 0.1) is 12.8 Å². The number of carbonyl (C=O) groups excluding carboxylic acids is 1. The van der Waals surface area contributed by atoms with E-state index in [0.29, 0.717) is 17.9 Å². The predicted octanol–water partition coefficient (Wildman–Crippen LogP) is 1.21. The second kappa shape index (κ2) is 5.82. The first kappa shape index (κ1) is 14.8. The predicted molar refractivity (Wildman–Crippen MR) is 72.2 cm³/mol. The third-order valence-electron chi connectivity index (χ3n) is 3.03. The second-order valence-electron chi connectivity index (χ2n) is 4.74. The summed E-state index contributed by atoms with van der Waals surface area (Å²) in [5, 5.41) is 12.4. The van der Waals surface area contributed by atoms with Crippen molar-refractivity contribution in [2.75, 3.05) is 13.7 Å². The van der Waals surface area contributed by atoms with Gasteiger partial charge in [-0.15, -0.1) is 0 Å². The Bertz CT molecular complexity index is 580. The molecule has 1 aliphatic heterocycles. The molecule has 0 amide bonds. The Kier molecular flexibility index (Phi) is 4.11. The zero-order valence-corrected chi connectivity index (χ0v) is 11.7. The molecule has 112 valence electrons. The number of oxime groups is 1. The summed E-state index contributed by atoms with van der Waals surface area (Å²) in [4.78, 5) is 27.2. The Morgan fingerprint density at radius 1 is 1.38 bits per heavy atom. The highest BCUT2D eigenvalue weighted by molar-refractivity contribution is 6.04. The zero-order valence-electron chi connectivity index (χ0n) is 11.7.